The Kier molecular flexibility index (Phi) is 5.76. The Hall–Kier alpha value is -3.22. The molecule has 2 atom stereocenters. The third kappa shape index (κ3) is 4.31. The number of carbonyl (C=O) groups excluding carboxylic acids is 1. The van der Waals surface area contributed by atoms with Crippen LogP contribution in [0.5, 0.6) is 11.8 Å². The summed E-state index contributed by atoms with van der Waals surface area (Å²) >= 11 is 0. The molecule has 1 N–H and O–H groups in total. The summed E-state index contributed by atoms with van der Waals surface area (Å²) in [7, 11) is 0. The van der Waals surface area contributed by atoms with Crippen LogP contribution in [0.2, 0.25) is 0 Å². The number of carbonyl (C=O) groups is 1. The quantitative estimate of drug-likeness (QED) is 0.545. The van der Waals surface area contributed by atoms with E-state index in [0.717, 1.165) is 24.8 Å². The standard InChI is InChI=1S/C24H24F2N2O3/c1-13-6-4-8-18-17(13)7-5-9-22(18)31-24-28-21(12-30-24)23(29)27-15(3)16-10-19(25)14(2)20(26)11-16/h5,7,9-13,15H,4,6,8H2,1-3H3,(H,27,29)/t13?,15-/m1/s1. The summed E-state index contributed by atoms with van der Waals surface area (Å²) in [5, 5.41) is 2.67. The summed E-state index contributed by atoms with van der Waals surface area (Å²) in [4.78, 5) is 16.7. The second kappa shape index (κ2) is 8.49. The van der Waals surface area contributed by atoms with E-state index < -0.39 is 23.6 Å². The van der Waals surface area contributed by atoms with E-state index in [-0.39, 0.29) is 17.3 Å². The van der Waals surface area contributed by atoms with E-state index in [2.05, 4.69) is 23.3 Å². The largest absolute Gasteiger partial charge is 0.416 e. The van der Waals surface area contributed by atoms with E-state index in [1.807, 2.05) is 12.1 Å². The lowest BCUT2D eigenvalue weighted by molar-refractivity contribution is 0.0934. The van der Waals surface area contributed by atoms with Crippen molar-refractivity contribution in [3.8, 4) is 11.8 Å². The van der Waals surface area contributed by atoms with Crippen LogP contribution in [0.1, 0.15) is 71.4 Å². The number of fused-ring (bicyclic) bond motifs is 1. The highest BCUT2D eigenvalue weighted by Gasteiger charge is 2.22. The number of aromatic nitrogens is 1. The number of amides is 1. The van der Waals surface area contributed by atoms with Gasteiger partial charge >= 0.3 is 6.08 Å². The Morgan fingerprint density at radius 1 is 1.29 bits per heavy atom. The molecule has 0 aliphatic heterocycles. The summed E-state index contributed by atoms with van der Waals surface area (Å²) in [6.45, 7) is 5.19. The van der Waals surface area contributed by atoms with Crippen LogP contribution < -0.4 is 10.1 Å². The molecule has 1 aliphatic carbocycles. The third-order valence-corrected chi connectivity index (χ3v) is 5.83. The first kappa shape index (κ1) is 21.0. The Morgan fingerprint density at radius 2 is 2.03 bits per heavy atom. The first-order valence-corrected chi connectivity index (χ1v) is 10.3. The molecule has 0 saturated heterocycles. The Bertz CT molecular complexity index is 1100. The first-order valence-electron chi connectivity index (χ1n) is 10.3. The van der Waals surface area contributed by atoms with Crippen molar-refractivity contribution in [2.24, 2.45) is 0 Å². The maximum Gasteiger partial charge on any atom is 0.399 e. The summed E-state index contributed by atoms with van der Waals surface area (Å²) < 4.78 is 38.8. The highest BCUT2D eigenvalue weighted by Crippen LogP contribution is 2.37. The van der Waals surface area contributed by atoms with Crippen molar-refractivity contribution in [1.29, 1.82) is 0 Å². The molecular weight excluding hydrogens is 402 g/mol. The Morgan fingerprint density at radius 3 is 2.77 bits per heavy atom. The fourth-order valence-corrected chi connectivity index (χ4v) is 3.92. The monoisotopic (exact) mass is 426 g/mol. The van der Waals surface area contributed by atoms with Crippen LogP contribution in [0, 0.1) is 18.6 Å². The summed E-state index contributed by atoms with van der Waals surface area (Å²) in [5.41, 5.74) is 2.69. The van der Waals surface area contributed by atoms with Crippen molar-refractivity contribution in [3.05, 3.63) is 76.2 Å². The van der Waals surface area contributed by atoms with E-state index >= 15 is 0 Å². The fraction of sp³-hybridized carbons (Fsp3) is 0.333. The topological polar surface area (TPSA) is 64.4 Å². The van der Waals surface area contributed by atoms with Gasteiger partial charge in [-0.25, -0.2) is 8.78 Å². The van der Waals surface area contributed by atoms with E-state index in [4.69, 9.17) is 9.15 Å². The zero-order valence-electron chi connectivity index (χ0n) is 17.7. The molecule has 162 valence electrons. The Balaban J connectivity index is 1.47. The van der Waals surface area contributed by atoms with Gasteiger partial charge in [0.2, 0.25) is 0 Å². The predicted octanol–water partition coefficient (Wildman–Crippen LogP) is 5.98. The third-order valence-electron chi connectivity index (χ3n) is 5.83. The molecular formula is C24H24F2N2O3. The van der Waals surface area contributed by atoms with Gasteiger partial charge in [-0.05, 0) is 73.9 Å². The number of benzene rings is 2. The highest BCUT2D eigenvalue weighted by molar-refractivity contribution is 5.92. The molecule has 5 nitrogen and oxygen atoms in total. The molecule has 1 amide bonds. The van der Waals surface area contributed by atoms with Crippen LogP contribution in [0.25, 0.3) is 0 Å². The van der Waals surface area contributed by atoms with Crippen LogP contribution in [0.3, 0.4) is 0 Å². The van der Waals surface area contributed by atoms with Crippen molar-refractivity contribution in [2.75, 3.05) is 0 Å². The van der Waals surface area contributed by atoms with Crippen LogP contribution in [-0.2, 0) is 6.42 Å². The minimum atomic E-state index is -0.659. The molecule has 2 aromatic carbocycles. The van der Waals surface area contributed by atoms with Gasteiger partial charge in [0.25, 0.3) is 5.91 Å². The van der Waals surface area contributed by atoms with Crippen LogP contribution >= 0.6 is 0 Å². The summed E-state index contributed by atoms with van der Waals surface area (Å²) in [5.74, 6) is -0.702. The Labute approximate surface area is 179 Å². The van der Waals surface area contributed by atoms with Gasteiger partial charge in [0.1, 0.15) is 23.6 Å². The average Bonchev–Trinajstić information content (AvgIpc) is 3.21. The zero-order chi connectivity index (χ0) is 22.1. The maximum absolute atomic E-state index is 13.8. The number of oxazole rings is 1. The maximum atomic E-state index is 13.8. The predicted molar refractivity (Wildman–Crippen MR) is 111 cm³/mol. The van der Waals surface area contributed by atoms with Gasteiger partial charge in [-0.2, -0.15) is 4.98 Å². The van der Waals surface area contributed by atoms with Crippen molar-refractivity contribution in [3.63, 3.8) is 0 Å². The average molecular weight is 426 g/mol. The number of ether oxygens (including phenoxy) is 1. The van der Waals surface area contributed by atoms with Gasteiger partial charge in [0.15, 0.2) is 5.69 Å². The lowest BCUT2D eigenvalue weighted by Gasteiger charge is -2.23. The van der Waals surface area contributed by atoms with Crippen molar-refractivity contribution in [2.45, 2.75) is 52.0 Å². The minimum Gasteiger partial charge on any atom is -0.416 e. The molecule has 3 aromatic rings. The highest BCUT2D eigenvalue weighted by atomic mass is 19.1. The summed E-state index contributed by atoms with van der Waals surface area (Å²) in [6, 6.07) is 7.71. The van der Waals surface area contributed by atoms with E-state index in [0.29, 0.717) is 17.2 Å². The second-order valence-corrected chi connectivity index (χ2v) is 8.02. The van der Waals surface area contributed by atoms with Gasteiger partial charge in [0.05, 0.1) is 6.04 Å². The summed E-state index contributed by atoms with van der Waals surface area (Å²) in [6.07, 6.45) is 4.33. The second-order valence-electron chi connectivity index (χ2n) is 8.02. The fourth-order valence-electron chi connectivity index (χ4n) is 3.92. The van der Waals surface area contributed by atoms with Crippen molar-refractivity contribution < 1.29 is 22.7 Å². The molecule has 4 rings (SSSR count). The number of nitrogens with zero attached hydrogens (tertiary/aromatic N) is 1. The molecule has 0 radical (unpaired) electrons. The van der Waals surface area contributed by atoms with E-state index in [9.17, 15) is 13.6 Å². The molecule has 0 bridgehead atoms. The molecule has 1 aromatic heterocycles. The first-order chi connectivity index (χ1) is 14.8. The van der Waals surface area contributed by atoms with Crippen LogP contribution in [0.15, 0.2) is 41.0 Å². The molecule has 7 heteroatoms. The molecule has 1 aliphatic rings. The normalized spacial score (nSPS) is 16.5. The van der Waals surface area contributed by atoms with E-state index in [1.165, 1.54) is 30.9 Å². The molecule has 1 heterocycles. The number of nitrogens with one attached hydrogen (secondary N) is 1. The minimum absolute atomic E-state index is 0.0214. The van der Waals surface area contributed by atoms with Gasteiger partial charge in [0, 0.05) is 5.56 Å². The van der Waals surface area contributed by atoms with Crippen LogP contribution in [-0.4, -0.2) is 10.9 Å². The lowest BCUT2D eigenvalue weighted by Crippen LogP contribution is -2.27. The smallest absolute Gasteiger partial charge is 0.399 e. The molecule has 31 heavy (non-hydrogen) atoms. The van der Waals surface area contributed by atoms with Gasteiger partial charge in [-0.15, -0.1) is 0 Å². The molecule has 1 unspecified atom stereocenters. The van der Waals surface area contributed by atoms with Gasteiger partial charge in [-0.3, -0.25) is 4.79 Å². The molecule has 0 fully saturated rings. The van der Waals surface area contributed by atoms with Gasteiger partial charge in [-0.1, -0.05) is 19.1 Å². The number of hydrogen-bond acceptors (Lipinski definition) is 4. The van der Waals surface area contributed by atoms with Gasteiger partial charge < -0.3 is 14.5 Å². The molecule has 0 saturated carbocycles. The molecule has 0 spiro atoms. The number of rotatable bonds is 5. The number of halogens is 2. The zero-order valence-corrected chi connectivity index (χ0v) is 17.7. The van der Waals surface area contributed by atoms with Crippen molar-refractivity contribution in [1.82, 2.24) is 10.3 Å². The van der Waals surface area contributed by atoms with Crippen molar-refractivity contribution >= 4 is 5.91 Å². The van der Waals surface area contributed by atoms with Crippen LogP contribution in [0.4, 0.5) is 8.78 Å². The number of hydrogen-bond donors (Lipinski definition) is 1. The lowest BCUT2D eigenvalue weighted by atomic mass is 9.83. The van der Waals surface area contributed by atoms with E-state index in [1.54, 1.807) is 6.92 Å². The SMILES string of the molecule is Cc1c(F)cc([C@@H](C)NC(=O)c2coc(Oc3cccc4c3CCCC4C)n2)cc1F.